The maximum absolute atomic E-state index is 11.1. The Morgan fingerprint density at radius 2 is 2.20 bits per heavy atom. The highest BCUT2D eigenvalue weighted by Crippen LogP contribution is 2.41. The molecular weight excluding hydrogens is 258 g/mol. The molecule has 0 bridgehead atoms. The SMILES string of the molecule is C=C1Cc2cc(OC)c([N+](=O)[O-])cc2N1CCN(C)C. The minimum absolute atomic E-state index is 0.00389. The molecule has 0 atom stereocenters. The Labute approximate surface area is 118 Å². The van der Waals surface area contributed by atoms with E-state index in [9.17, 15) is 10.1 Å². The van der Waals surface area contributed by atoms with Crippen LogP contribution in [-0.2, 0) is 6.42 Å². The third kappa shape index (κ3) is 2.60. The van der Waals surface area contributed by atoms with Gasteiger partial charge in [0.1, 0.15) is 0 Å². The molecule has 1 aromatic rings. The van der Waals surface area contributed by atoms with E-state index in [1.165, 1.54) is 7.11 Å². The second-order valence-corrected chi connectivity index (χ2v) is 5.11. The topological polar surface area (TPSA) is 58.9 Å². The van der Waals surface area contributed by atoms with Crippen molar-refractivity contribution >= 4 is 11.4 Å². The van der Waals surface area contributed by atoms with E-state index in [2.05, 4.69) is 11.5 Å². The standard InChI is InChI=1S/C14H19N3O3/c1-10-7-11-8-14(20-4)13(17(18)19)9-12(11)16(10)6-5-15(2)3/h8-9H,1,5-7H2,2-4H3. The van der Waals surface area contributed by atoms with Crippen LogP contribution in [0.3, 0.4) is 0 Å². The molecule has 108 valence electrons. The predicted octanol–water partition coefficient (Wildman–Crippen LogP) is 2.04. The van der Waals surface area contributed by atoms with Gasteiger partial charge in [0.05, 0.1) is 17.7 Å². The van der Waals surface area contributed by atoms with Gasteiger partial charge in [0, 0.05) is 31.3 Å². The molecular formula is C14H19N3O3. The van der Waals surface area contributed by atoms with Gasteiger partial charge in [-0.15, -0.1) is 0 Å². The van der Waals surface area contributed by atoms with Crippen molar-refractivity contribution in [1.29, 1.82) is 0 Å². The minimum atomic E-state index is -0.412. The van der Waals surface area contributed by atoms with Crippen molar-refractivity contribution in [2.24, 2.45) is 0 Å². The Morgan fingerprint density at radius 1 is 1.50 bits per heavy atom. The normalized spacial score (nSPS) is 13.8. The summed E-state index contributed by atoms with van der Waals surface area (Å²) >= 11 is 0. The number of hydrogen-bond donors (Lipinski definition) is 0. The van der Waals surface area contributed by atoms with Crippen molar-refractivity contribution in [2.45, 2.75) is 6.42 Å². The van der Waals surface area contributed by atoms with Crippen molar-refractivity contribution < 1.29 is 9.66 Å². The van der Waals surface area contributed by atoms with Gasteiger partial charge < -0.3 is 14.5 Å². The molecule has 0 radical (unpaired) electrons. The van der Waals surface area contributed by atoms with Crippen molar-refractivity contribution in [3.63, 3.8) is 0 Å². The van der Waals surface area contributed by atoms with E-state index in [0.717, 1.165) is 30.0 Å². The third-order valence-electron chi connectivity index (χ3n) is 3.41. The maximum Gasteiger partial charge on any atom is 0.313 e. The van der Waals surface area contributed by atoms with Crippen LogP contribution >= 0.6 is 0 Å². The van der Waals surface area contributed by atoms with Gasteiger partial charge in [-0.1, -0.05) is 6.58 Å². The van der Waals surface area contributed by atoms with Gasteiger partial charge >= 0.3 is 5.69 Å². The third-order valence-corrected chi connectivity index (χ3v) is 3.41. The first-order chi connectivity index (χ1) is 9.43. The molecule has 0 saturated heterocycles. The number of nitro benzene ring substituents is 1. The lowest BCUT2D eigenvalue weighted by atomic mass is 10.1. The summed E-state index contributed by atoms with van der Waals surface area (Å²) in [5.41, 5.74) is 2.85. The van der Waals surface area contributed by atoms with E-state index in [1.54, 1.807) is 12.1 Å². The van der Waals surface area contributed by atoms with Crippen molar-refractivity contribution in [3.05, 3.63) is 40.1 Å². The Bertz CT molecular complexity index is 555. The molecule has 0 saturated carbocycles. The van der Waals surface area contributed by atoms with E-state index in [-0.39, 0.29) is 5.69 Å². The lowest BCUT2D eigenvalue weighted by molar-refractivity contribution is -0.385. The highest BCUT2D eigenvalue weighted by molar-refractivity contribution is 5.71. The molecule has 0 amide bonds. The summed E-state index contributed by atoms with van der Waals surface area (Å²) in [5.74, 6) is 0.302. The largest absolute Gasteiger partial charge is 0.490 e. The van der Waals surface area contributed by atoms with Crippen LogP contribution in [0.25, 0.3) is 0 Å². The first kappa shape index (κ1) is 14.3. The Kier molecular flexibility index (Phi) is 3.94. The maximum atomic E-state index is 11.1. The molecule has 0 aromatic heterocycles. The molecule has 0 fully saturated rings. The molecule has 0 unspecified atom stereocenters. The highest BCUT2D eigenvalue weighted by Gasteiger charge is 2.28. The van der Waals surface area contributed by atoms with Crippen LogP contribution in [0, 0.1) is 10.1 Å². The summed E-state index contributed by atoms with van der Waals surface area (Å²) in [5, 5.41) is 11.1. The average molecular weight is 277 g/mol. The van der Waals surface area contributed by atoms with Crippen LogP contribution in [0.2, 0.25) is 0 Å². The zero-order valence-electron chi connectivity index (χ0n) is 12.0. The van der Waals surface area contributed by atoms with E-state index < -0.39 is 4.92 Å². The van der Waals surface area contributed by atoms with Gasteiger partial charge in [0.2, 0.25) is 0 Å². The lowest BCUT2D eigenvalue weighted by Crippen LogP contribution is -2.28. The van der Waals surface area contributed by atoms with Gasteiger partial charge in [-0.05, 0) is 25.7 Å². The van der Waals surface area contributed by atoms with Crippen molar-refractivity contribution in [1.82, 2.24) is 4.90 Å². The number of nitro groups is 1. The van der Waals surface area contributed by atoms with E-state index in [1.807, 2.05) is 19.0 Å². The van der Waals surface area contributed by atoms with Crippen LogP contribution in [0.5, 0.6) is 5.75 Å². The minimum Gasteiger partial charge on any atom is -0.490 e. The number of methoxy groups -OCH3 is 1. The van der Waals surface area contributed by atoms with E-state index in [0.29, 0.717) is 12.2 Å². The summed E-state index contributed by atoms with van der Waals surface area (Å²) in [6, 6.07) is 3.33. The van der Waals surface area contributed by atoms with E-state index in [4.69, 9.17) is 4.74 Å². The van der Waals surface area contributed by atoms with Gasteiger partial charge in [0.15, 0.2) is 5.75 Å². The Morgan fingerprint density at radius 3 is 2.75 bits per heavy atom. The molecule has 2 rings (SSSR count). The monoisotopic (exact) mass is 277 g/mol. The quantitative estimate of drug-likeness (QED) is 0.609. The highest BCUT2D eigenvalue weighted by atomic mass is 16.6. The molecule has 1 aliphatic rings. The molecule has 0 aliphatic carbocycles. The lowest BCUT2D eigenvalue weighted by Gasteiger charge is -2.22. The summed E-state index contributed by atoms with van der Waals surface area (Å²) in [7, 11) is 5.44. The molecule has 0 N–H and O–H groups in total. The molecule has 6 nitrogen and oxygen atoms in total. The van der Waals surface area contributed by atoms with E-state index >= 15 is 0 Å². The average Bonchev–Trinajstić information content (AvgIpc) is 2.69. The number of ether oxygens (including phenoxy) is 1. The number of nitrogens with zero attached hydrogens (tertiary/aromatic N) is 3. The van der Waals surface area contributed by atoms with Gasteiger partial charge in [0.25, 0.3) is 0 Å². The number of likely N-dealkylation sites (N-methyl/N-ethyl adjacent to an activating group) is 1. The smallest absolute Gasteiger partial charge is 0.313 e. The molecule has 1 aromatic carbocycles. The first-order valence-corrected chi connectivity index (χ1v) is 6.39. The Hall–Kier alpha value is -2.08. The zero-order chi connectivity index (χ0) is 14.9. The molecule has 6 heteroatoms. The number of hydrogen-bond acceptors (Lipinski definition) is 5. The van der Waals surface area contributed by atoms with Gasteiger partial charge in [-0.2, -0.15) is 0 Å². The number of benzene rings is 1. The van der Waals surface area contributed by atoms with Crippen LogP contribution in [0.4, 0.5) is 11.4 Å². The fourth-order valence-corrected chi connectivity index (χ4v) is 2.36. The summed E-state index contributed by atoms with van der Waals surface area (Å²) < 4.78 is 5.10. The fraction of sp³-hybridized carbons (Fsp3) is 0.429. The van der Waals surface area contributed by atoms with Gasteiger partial charge in [-0.25, -0.2) is 0 Å². The zero-order valence-corrected chi connectivity index (χ0v) is 12.0. The van der Waals surface area contributed by atoms with Crippen LogP contribution in [-0.4, -0.2) is 44.1 Å². The van der Waals surface area contributed by atoms with Crippen LogP contribution in [0.1, 0.15) is 5.56 Å². The second kappa shape index (κ2) is 5.50. The first-order valence-electron chi connectivity index (χ1n) is 6.39. The summed E-state index contributed by atoms with van der Waals surface area (Å²) in [6.07, 6.45) is 0.705. The Balaban J connectivity index is 2.38. The van der Waals surface area contributed by atoms with Crippen molar-refractivity contribution in [2.75, 3.05) is 39.2 Å². The van der Waals surface area contributed by atoms with Crippen LogP contribution in [0.15, 0.2) is 24.4 Å². The molecule has 1 heterocycles. The number of fused-ring (bicyclic) bond motifs is 1. The number of allylic oxidation sites excluding steroid dienone is 1. The second-order valence-electron chi connectivity index (χ2n) is 5.11. The molecule has 0 spiro atoms. The van der Waals surface area contributed by atoms with Gasteiger partial charge in [-0.3, -0.25) is 10.1 Å². The molecule has 20 heavy (non-hydrogen) atoms. The fourth-order valence-electron chi connectivity index (χ4n) is 2.36. The molecule has 1 aliphatic heterocycles. The summed E-state index contributed by atoms with van der Waals surface area (Å²) in [4.78, 5) is 14.8. The number of rotatable bonds is 5. The number of anilines is 1. The summed E-state index contributed by atoms with van der Waals surface area (Å²) in [6.45, 7) is 5.68. The van der Waals surface area contributed by atoms with Crippen LogP contribution < -0.4 is 9.64 Å². The van der Waals surface area contributed by atoms with Crippen molar-refractivity contribution in [3.8, 4) is 5.75 Å². The predicted molar refractivity (Wildman–Crippen MR) is 78.4 cm³/mol.